The Morgan fingerprint density at radius 2 is 1.66 bits per heavy atom. The van der Waals surface area contributed by atoms with Gasteiger partial charge in [-0.3, -0.25) is 0 Å². The minimum absolute atomic E-state index is 0.462. The van der Waals surface area contributed by atoms with Gasteiger partial charge >= 0.3 is 0 Å². The summed E-state index contributed by atoms with van der Waals surface area (Å²) in [5.74, 6) is 1.79. The monoisotopic (exact) mass is 386 g/mol. The summed E-state index contributed by atoms with van der Waals surface area (Å²) < 4.78 is 5.82. The van der Waals surface area contributed by atoms with Crippen molar-refractivity contribution in [3.63, 3.8) is 0 Å². The third-order valence-corrected chi connectivity index (χ3v) is 4.42. The van der Waals surface area contributed by atoms with Gasteiger partial charge in [0.1, 0.15) is 17.9 Å². The molecule has 5 heteroatoms. The highest BCUT2D eigenvalue weighted by Crippen LogP contribution is 2.24. The van der Waals surface area contributed by atoms with Gasteiger partial charge in [0.25, 0.3) is 0 Å². The van der Waals surface area contributed by atoms with Crippen molar-refractivity contribution < 1.29 is 4.74 Å². The van der Waals surface area contributed by atoms with Gasteiger partial charge in [0, 0.05) is 29.6 Å². The third kappa shape index (κ3) is 5.69. The predicted octanol–water partition coefficient (Wildman–Crippen LogP) is 6.00. The molecule has 29 heavy (non-hydrogen) atoms. The third-order valence-electron chi connectivity index (χ3n) is 4.42. The molecule has 0 saturated heterocycles. The van der Waals surface area contributed by atoms with E-state index in [-0.39, 0.29) is 0 Å². The molecule has 0 radical (unpaired) electrons. The van der Waals surface area contributed by atoms with Crippen LogP contribution < -0.4 is 15.4 Å². The number of hydrogen-bond donors (Lipinski definition) is 2. The SMILES string of the molecule is C=C(C)Nc1cc(Oc2ccc(NC(=C)Cc3c(C)cccc3C)cc2)ncn1. The maximum atomic E-state index is 5.82. The smallest absolute Gasteiger partial charge is 0.224 e. The minimum Gasteiger partial charge on any atom is -0.439 e. The second-order valence-corrected chi connectivity index (χ2v) is 7.05. The van der Waals surface area contributed by atoms with Crippen molar-refractivity contribution in [2.45, 2.75) is 27.2 Å². The fourth-order valence-electron chi connectivity index (χ4n) is 3.00. The van der Waals surface area contributed by atoms with E-state index < -0.39 is 0 Å². The molecular weight excluding hydrogens is 360 g/mol. The quantitative estimate of drug-likeness (QED) is 0.497. The Kier molecular flexibility index (Phi) is 6.29. The van der Waals surface area contributed by atoms with Gasteiger partial charge in [-0.15, -0.1) is 0 Å². The van der Waals surface area contributed by atoms with E-state index >= 15 is 0 Å². The van der Waals surface area contributed by atoms with Crippen LogP contribution in [0.25, 0.3) is 0 Å². The Bertz CT molecular complexity index is 1010. The van der Waals surface area contributed by atoms with Gasteiger partial charge in [-0.1, -0.05) is 31.4 Å². The van der Waals surface area contributed by atoms with Crippen LogP contribution in [0.3, 0.4) is 0 Å². The van der Waals surface area contributed by atoms with Gasteiger partial charge in [-0.05, 0) is 61.7 Å². The molecule has 0 aliphatic carbocycles. The van der Waals surface area contributed by atoms with Crippen molar-refractivity contribution in [3.05, 3.63) is 96.1 Å². The molecule has 5 nitrogen and oxygen atoms in total. The summed E-state index contributed by atoms with van der Waals surface area (Å²) in [5.41, 5.74) is 6.58. The first kappa shape index (κ1) is 20.1. The van der Waals surface area contributed by atoms with Crippen molar-refractivity contribution in [2.24, 2.45) is 0 Å². The molecule has 3 aromatic rings. The Morgan fingerprint density at radius 3 is 2.31 bits per heavy atom. The van der Waals surface area contributed by atoms with Gasteiger partial charge in [0.2, 0.25) is 5.88 Å². The molecule has 0 fully saturated rings. The molecule has 1 aromatic heterocycles. The Labute approximate surface area is 172 Å². The molecule has 1 heterocycles. The van der Waals surface area contributed by atoms with Crippen LogP contribution in [0.1, 0.15) is 23.6 Å². The Balaban J connectivity index is 1.61. The average molecular weight is 386 g/mol. The molecule has 0 aliphatic heterocycles. The van der Waals surface area contributed by atoms with E-state index in [1.165, 1.54) is 23.0 Å². The first-order valence-corrected chi connectivity index (χ1v) is 9.43. The maximum Gasteiger partial charge on any atom is 0.224 e. The molecule has 2 N–H and O–H groups in total. The first-order chi connectivity index (χ1) is 13.9. The molecule has 2 aromatic carbocycles. The average Bonchev–Trinajstić information content (AvgIpc) is 2.66. The number of benzene rings is 2. The van der Waals surface area contributed by atoms with Gasteiger partial charge in [-0.25, -0.2) is 9.97 Å². The number of aromatic nitrogens is 2. The second kappa shape index (κ2) is 9.06. The number of aryl methyl sites for hydroxylation is 2. The molecule has 0 aliphatic rings. The zero-order chi connectivity index (χ0) is 20.8. The van der Waals surface area contributed by atoms with Crippen molar-refractivity contribution in [1.82, 2.24) is 9.97 Å². The van der Waals surface area contributed by atoms with Gasteiger partial charge in [0.15, 0.2) is 0 Å². The summed E-state index contributed by atoms with van der Waals surface area (Å²) in [4.78, 5) is 8.28. The summed E-state index contributed by atoms with van der Waals surface area (Å²) in [6, 6.07) is 15.8. The lowest BCUT2D eigenvalue weighted by Crippen LogP contribution is -2.04. The zero-order valence-electron chi connectivity index (χ0n) is 17.1. The van der Waals surface area contributed by atoms with Gasteiger partial charge in [-0.2, -0.15) is 0 Å². The zero-order valence-corrected chi connectivity index (χ0v) is 17.1. The maximum absolute atomic E-state index is 5.82. The van der Waals surface area contributed by atoms with E-state index in [0.717, 1.165) is 23.5 Å². The molecule has 0 atom stereocenters. The highest BCUT2D eigenvalue weighted by molar-refractivity contribution is 5.52. The number of hydrogen-bond acceptors (Lipinski definition) is 5. The second-order valence-electron chi connectivity index (χ2n) is 7.05. The summed E-state index contributed by atoms with van der Waals surface area (Å²) in [6.45, 7) is 14.1. The molecule has 0 unspecified atom stereocenters. The van der Waals surface area contributed by atoms with E-state index in [1.54, 1.807) is 6.07 Å². The number of allylic oxidation sites excluding steroid dienone is 2. The predicted molar refractivity (Wildman–Crippen MR) is 119 cm³/mol. The molecular formula is C24H26N4O. The highest BCUT2D eigenvalue weighted by Gasteiger charge is 2.06. The summed E-state index contributed by atoms with van der Waals surface area (Å²) in [5, 5.41) is 6.42. The lowest BCUT2D eigenvalue weighted by molar-refractivity contribution is 0.462. The number of ether oxygens (including phenoxy) is 1. The standard InChI is InChI=1S/C24H26N4O/c1-16(2)27-23-14-24(26-15-25-23)29-21-11-9-20(10-12-21)28-19(5)13-22-17(3)7-6-8-18(22)4/h6-12,14-15,28H,1,5,13H2,2-4H3,(H,25,26,27). The highest BCUT2D eigenvalue weighted by atomic mass is 16.5. The number of nitrogens with one attached hydrogen (secondary N) is 2. The number of nitrogens with zero attached hydrogens (tertiary/aromatic N) is 2. The minimum atomic E-state index is 0.462. The van der Waals surface area contributed by atoms with E-state index in [0.29, 0.717) is 17.4 Å². The normalized spacial score (nSPS) is 10.3. The summed E-state index contributed by atoms with van der Waals surface area (Å²) in [6.07, 6.45) is 2.24. The first-order valence-electron chi connectivity index (χ1n) is 9.43. The topological polar surface area (TPSA) is 59.1 Å². The van der Waals surface area contributed by atoms with Crippen LogP contribution in [0.15, 0.2) is 79.4 Å². The van der Waals surface area contributed by atoms with E-state index in [4.69, 9.17) is 4.74 Å². The molecule has 3 rings (SSSR count). The van der Waals surface area contributed by atoms with E-state index in [1.807, 2.05) is 31.2 Å². The van der Waals surface area contributed by atoms with Crippen LogP contribution >= 0.6 is 0 Å². The summed E-state index contributed by atoms with van der Waals surface area (Å²) in [7, 11) is 0. The van der Waals surface area contributed by atoms with E-state index in [9.17, 15) is 0 Å². The van der Waals surface area contributed by atoms with Crippen molar-refractivity contribution in [2.75, 3.05) is 10.6 Å². The Hall–Kier alpha value is -3.60. The number of rotatable bonds is 8. The van der Waals surface area contributed by atoms with Crippen LogP contribution in [-0.4, -0.2) is 9.97 Å². The van der Waals surface area contributed by atoms with Crippen molar-refractivity contribution in [3.8, 4) is 11.6 Å². The van der Waals surface area contributed by atoms with Crippen LogP contribution in [0.5, 0.6) is 11.6 Å². The van der Waals surface area contributed by atoms with Crippen molar-refractivity contribution >= 4 is 11.5 Å². The molecule has 0 bridgehead atoms. The number of anilines is 2. The van der Waals surface area contributed by atoms with Crippen LogP contribution in [0, 0.1) is 13.8 Å². The molecule has 0 amide bonds. The van der Waals surface area contributed by atoms with Crippen molar-refractivity contribution in [1.29, 1.82) is 0 Å². The lowest BCUT2D eigenvalue weighted by atomic mass is 9.99. The largest absolute Gasteiger partial charge is 0.439 e. The van der Waals surface area contributed by atoms with Gasteiger partial charge < -0.3 is 15.4 Å². The van der Waals surface area contributed by atoms with Gasteiger partial charge in [0.05, 0.1) is 0 Å². The molecule has 148 valence electrons. The fourth-order valence-corrected chi connectivity index (χ4v) is 3.00. The molecule has 0 saturated carbocycles. The molecule has 0 spiro atoms. The Morgan fingerprint density at radius 1 is 0.966 bits per heavy atom. The van der Waals surface area contributed by atoms with Crippen LogP contribution in [-0.2, 0) is 6.42 Å². The van der Waals surface area contributed by atoms with Crippen LogP contribution in [0.2, 0.25) is 0 Å². The fraction of sp³-hybridized carbons (Fsp3) is 0.167. The van der Waals surface area contributed by atoms with E-state index in [2.05, 4.69) is 65.8 Å². The summed E-state index contributed by atoms with van der Waals surface area (Å²) >= 11 is 0. The van der Waals surface area contributed by atoms with Crippen LogP contribution in [0.4, 0.5) is 11.5 Å². The lowest BCUT2D eigenvalue weighted by Gasteiger charge is -2.14.